The van der Waals surface area contributed by atoms with Crippen molar-refractivity contribution < 1.29 is 44.7 Å². The van der Waals surface area contributed by atoms with Crippen LogP contribution in [0.2, 0.25) is 0 Å². The lowest BCUT2D eigenvalue weighted by atomic mass is 9.98. The van der Waals surface area contributed by atoms with E-state index < -0.39 is 53.1 Å². The van der Waals surface area contributed by atoms with Gasteiger partial charge in [0.25, 0.3) is 5.91 Å². The zero-order valence-electron chi connectivity index (χ0n) is 17.5. The quantitative estimate of drug-likeness (QED) is 0.361. The summed E-state index contributed by atoms with van der Waals surface area (Å²) in [5.41, 5.74) is -2.23. The van der Waals surface area contributed by atoms with E-state index in [1.807, 2.05) is 0 Å². The number of alkyl halides is 6. The van der Waals surface area contributed by atoms with Crippen LogP contribution >= 0.6 is 0 Å². The molecule has 0 saturated carbocycles. The molecule has 1 amide bonds. The molecule has 0 aliphatic carbocycles. The summed E-state index contributed by atoms with van der Waals surface area (Å²) < 4.78 is 101. The predicted octanol–water partition coefficient (Wildman–Crippen LogP) is 5.09. The van der Waals surface area contributed by atoms with Crippen LogP contribution < -0.4 is 15.8 Å². The summed E-state index contributed by atoms with van der Waals surface area (Å²) in [5, 5.41) is 2.29. The van der Waals surface area contributed by atoms with Crippen LogP contribution in [0.4, 0.5) is 30.7 Å². The van der Waals surface area contributed by atoms with E-state index in [2.05, 4.69) is 20.0 Å². The first kappa shape index (κ1) is 24.8. The maximum atomic E-state index is 14.4. The highest BCUT2D eigenvalue weighted by Crippen LogP contribution is 2.37. The third kappa shape index (κ3) is 5.31. The van der Waals surface area contributed by atoms with Gasteiger partial charge in [-0.2, -0.15) is 13.2 Å². The molecule has 0 aliphatic heterocycles. The van der Waals surface area contributed by atoms with Crippen LogP contribution in [0.5, 0.6) is 5.75 Å². The molecular weight excluding hydrogens is 503 g/mol. The van der Waals surface area contributed by atoms with Gasteiger partial charge in [-0.05, 0) is 48.0 Å². The number of ether oxygens (including phenoxy) is 1. The number of aromatic amines is 1. The Kier molecular flexibility index (Phi) is 6.20. The van der Waals surface area contributed by atoms with Crippen molar-refractivity contribution in [3.05, 3.63) is 93.5 Å². The van der Waals surface area contributed by atoms with Gasteiger partial charge in [-0.1, -0.05) is 6.07 Å². The second-order valence-electron chi connectivity index (χ2n) is 7.30. The van der Waals surface area contributed by atoms with Crippen LogP contribution in [-0.2, 0) is 6.18 Å². The number of H-pyrrole nitrogens is 1. The molecule has 1 atom stereocenters. The maximum Gasteiger partial charge on any atom is 0.573 e. The van der Waals surface area contributed by atoms with Crippen LogP contribution in [0.3, 0.4) is 0 Å². The van der Waals surface area contributed by atoms with Crippen LogP contribution in [-0.4, -0.2) is 22.2 Å². The number of fused-ring (bicyclic) bond motifs is 1. The minimum atomic E-state index is -5.22. The highest BCUT2D eigenvalue weighted by Gasteiger charge is 2.38. The van der Waals surface area contributed by atoms with E-state index in [4.69, 9.17) is 4.42 Å². The average molecular weight is 515 g/mol. The van der Waals surface area contributed by atoms with E-state index in [-0.39, 0.29) is 22.2 Å². The molecule has 0 bridgehead atoms. The van der Waals surface area contributed by atoms with Gasteiger partial charge in [0.15, 0.2) is 17.1 Å². The van der Waals surface area contributed by atoms with E-state index in [9.17, 15) is 40.3 Å². The largest absolute Gasteiger partial charge is 0.573 e. The number of carbonyl (C=O) groups is 1. The normalized spacial score (nSPS) is 13.0. The van der Waals surface area contributed by atoms with Crippen molar-refractivity contribution in [2.45, 2.75) is 18.6 Å². The van der Waals surface area contributed by atoms with Gasteiger partial charge in [-0.25, -0.2) is 9.18 Å². The van der Waals surface area contributed by atoms with E-state index in [1.165, 1.54) is 18.2 Å². The molecule has 7 nitrogen and oxygen atoms in total. The Bertz CT molecular complexity index is 1490. The summed E-state index contributed by atoms with van der Waals surface area (Å²) >= 11 is 0. The van der Waals surface area contributed by atoms with E-state index >= 15 is 0 Å². The Morgan fingerprint density at radius 2 is 1.81 bits per heavy atom. The molecule has 0 aliphatic rings. The number of halogens is 7. The first-order chi connectivity index (χ1) is 16.8. The van der Waals surface area contributed by atoms with Crippen LogP contribution in [0.25, 0.3) is 11.1 Å². The molecule has 4 rings (SSSR count). The van der Waals surface area contributed by atoms with Crippen molar-refractivity contribution in [1.29, 1.82) is 0 Å². The molecule has 0 fully saturated rings. The Morgan fingerprint density at radius 3 is 2.47 bits per heavy atom. The Morgan fingerprint density at radius 1 is 1.06 bits per heavy atom. The van der Waals surface area contributed by atoms with Crippen LogP contribution in [0, 0.1) is 5.82 Å². The van der Waals surface area contributed by atoms with Crippen LogP contribution in [0.1, 0.15) is 33.2 Å². The second kappa shape index (κ2) is 9.02. The monoisotopic (exact) mass is 515 g/mol. The third-order valence-corrected chi connectivity index (χ3v) is 4.89. The van der Waals surface area contributed by atoms with Crippen LogP contribution in [0.15, 0.2) is 63.9 Å². The van der Waals surface area contributed by atoms with Crippen molar-refractivity contribution in [3.8, 4) is 5.75 Å². The van der Waals surface area contributed by atoms with Crippen molar-refractivity contribution in [2.24, 2.45) is 0 Å². The summed E-state index contributed by atoms with van der Waals surface area (Å²) in [6.07, 6.45) is -9.14. The minimum absolute atomic E-state index is 0.111. The average Bonchev–Trinajstić information content (AvgIpc) is 3.16. The molecule has 36 heavy (non-hydrogen) atoms. The van der Waals surface area contributed by atoms with E-state index in [0.717, 1.165) is 18.3 Å². The van der Waals surface area contributed by atoms with E-state index in [0.29, 0.717) is 18.2 Å². The zero-order chi connectivity index (χ0) is 26.3. The van der Waals surface area contributed by atoms with Gasteiger partial charge in [0, 0.05) is 11.8 Å². The standard InChI is InChI=1S/C22H12F7N3O4/c23-13-8-10(3-5-15(13)36-22(27,28)29)17(18-12(21(24,25)26)2-1-7-30-18)32-19(33)11-4-6-16-14(9-11)31-20(34)35-16/h1-9,17H,(H,31,34)(H,32,33)/t17-/m0/s1. The molecule has 0 spiro atoms. The van der Waals surface area contributed by atoms with Gasteiger partial charge in [0.05, 0.1) is 22.8 Å². The molecule has 14 heteroatoms. The minimum Gasteiger partial charge on any atom is -0.408 e. The molecule has 0 radical (unpaired) electrons. The molecule has 2 N–H and O–H groups in total. The van der Waals surface area contributed by atoms with Gasteiger partial charge < -0.3 is 14.5 Å². The number of oxazole rings is 1. The molecule has 2 aromatic carbocycles. The number of hydrogen-bond donors (Lipinski definition) is 2. The highest BCUT2D eigenvalue weighted by atomic mass is 19.4. The summed E-state index contributed by atoms with van der Waals surface area (Å²) in [4.78, 5) is 30.3. The lowest BCUT2D eigenvalue weighted by molar-refractivity contribution is -0.275. The SMILES string of the molecule is O=C(N[C@@H](c1ccc(OC(F)(F)F)c(F)c1)c1ncccc1C(F)(F)F)c1ccc2oc(=O)[nH]c2c1. The number of pyridine rings is 1. The topological polar surface area (TPSA) is 97.2 Å². The maximum absolute atomic E-state index is 14.4. The summed E-state index contributed by atoms with van der Waals surface area (Å²) in [6, 6.07) is 5.53. The molecule has 2 aromatic heterocycles. The number of nitrogens with zero attached hydrogens (tertiary/aromatic N) is 1. The van der Waals surface area contributed by atoms with Crippen molar-refractivity contribution in [2.75, 3.05) is 0 Å². The van der Waals surface area contributed by atoms with Crippen molar-refractivity contribution in [3.63, 3.8) is 0 Å². The number of hydrogen-bond acceptors (Lipinski definition) is 5. The van der Waals surface area contributed by atoms with E-state index in [1.54, 1.807) is 0 Å². The summed E-state index contributed by atoms with van der Waals surface area (Å²) in [7, 11) is 0. The first-order valence-electron chi connectivity index (χ1n) is 9.83. The third-order valence-electron chi connectivity index (χ3n) is 4.89. The zero-order valence-corrected chi connectivity index (χ0v) is 17.5. The predicted molar refractivity (Wildman–Crippen MR) is 108 cm³/mol. The number of nitrogens with one attached hydrogen (secondary N) is 2. The van der Waals surface area contributed by atoms with Gasteiger partial charge in [0.2, 0.25) is 0 Å². The van der Waals surface area contributed by atoms with Crippen molar-refractivity contribution in [1.82, 2.24) is 15.3 Å². The smallest absolute Gasteiger partial charge is 0.408 e. The number of amides is 1. The molecule has 188 valence electrons. The Labute approximate surface area is 195 Å². The Hall–Kier alpha value is -4.36. The second-order valence-corrected chi connectivity index (χ2v) is 7.30. The fraction of sp³-hybridized carbons (Fsp3) is 0.136. The van der Waals surface area contributed by atoms with Gasteiger partial charge in [-0.15, -0.1) is 13.2 Å². The summed E-state index contributed by atoms with van der Waals surface area (Å²) in [6.45, 7) is 0. The Balaban J connectivity index is 1.78. The number of rotatable bonds is 5. The fourth-order valence-electron chi connectivity index (χ4n) is 3.41. The number of benzene rings is 2. The number of carbonyl (C=O) groups excluding carboxylic acids is 1. The molecule has 0 unspecified atom stereocenters. The fourth-order valence-corrected chi connectivity index (χ4v) is 3.41. The molecule has 4 aromatic rings. The highest BCUT2D eigenvalue weighted by molar-refractivity contribution is 5.97. The summed E-state index contributed by atoms with van der Waals surface area (Å²) in [5.74, 6) is -4.52. The van der Waals surface area contributed by atoms with Gasteiger partial charge in [0.1, 0.15) is 0 Å². The molecular formula is C22H12F7N3O4. The van der Waals surface area contributed by atoms with Gasteiger partial charge in [-0.3, -0.25) is 14.8 Å². The molecule has 0 saturated heterocycles. The van der Waals surface area contributed by atoms with Gasteiger partial charge >= 0.3 is 18.3 Å². The molecule has 2 heterocycles. The number of aromatic nitrogens is 2. The first-order valence-corrected chi connectivity index (χ1v) is 9.83. The lowest BCUT2D eigenvalue weighted by Gasteiger charge is -2.23. The van der Waals surface area contributed by atoms with Crippen molar-refractivity contribution >= 4 is 17.0 Å². The lowest BCUT2D eigenvalue weighted by Crippen LogP contribution is -2.31.